The van der Waals surface area contributed by atoms with Gasteiger partial charge < -0.3 is 9.88 Å². The smallest absolute Gasteiger partial charge is 0.264 e. The van der Waals surface area contributed by atoms with Crippen molar-refractivity contribution in [2.75, 3.05) is 0 Å². The minimum Gasteiger partial charge on any atom is -0.316 e. The SMILES string of the molecule is Cc1ccc(N=C2NC(=O)/C(=C/c3cc(C)n(-c4cccnc4)c3C)S2)cc1. The van der Waals surface area contributed by atoms with E-state index in [0.29, 0.717) is 10.1 Å². The molecule has 1 amide bonds. The van der Waals surface area contributed by atoms with Crippen molar-refractivity contribution < 1.29 is 4.79 Å². The molecule has 0 bridgehead atoms. The summed E-state index contributed by atoms with van der Waals surface area (Å²) in [5, 5.41) is 3.45. The molecule has 6 heteroatoms. The highest BCUT2D eigenvalue weighted by Gasteiger charge is 2.24. The van der Waals surface area contributed by atoms with Gasteiger partial charge in [0.2, 0.25) is 0 Å². The molecule has 0 aliphatic carbocycles. The van der Waals surface area contributed by atoms with Crippen molar-refractivity contribution in [3.63, 3.8) is 0 Å². The largest absolute Gasteiger partial charge is 0.316 e. The van der Waals surface area contributed by atoms with Crippen LogP contribution in [-0.2, 0) is 4.79 Å². The van der Waals surface area contributed by atoms with Crippen LogP contribution in [0.15, 0.2) is 64.8 Å². The van der Waals surface area contributed by atoms with E-state index < -0.39 is 0 Å². The van der Waals surface area contributed by atoms with Gasteiger partial charge in [-0.2, -0.15) is 0 Å². The Hall–Kier alpha value is -3.12. The van der Waals surface area contributed by atoms with Crippen LogP contribution in [0.2, 0.25) is 0 Å². The van der Waals surface area contributed by atoms with Gasteiger partial charge in [0, 0.05) is 17.6 Å². The fraction of sp³-hybridized carbons (Fsp3) is 0.136. The molecule has 0 saturated carbocycles. The molecule has 0 radical (unpaired) electrons. The lowest BCUT2D eigenvalue weighted by Crippen LogP contribution is -2.19. The molecule has 5 nitrogen and oxygen atoms in total. The van der Waals surface area contributed by atoms with Crippen molar-refractivity contribution in [3.05, 3.63) is 82.3 Å². The minimum atomic E-state index is -0.123. The Morgan fingerprint density at radius 3 is 2.64 bits per heavy atom. The number of aromatic nitrogens is 2. The van der Waals surface area contributed by atoms with Gasteiger partial charge >= 0.3 is 0 Å². The van der Waals surface area contributed by atoms with Crippen LogP contribution in [0.3, 0.4) is 0 Å². The van der Waals surface area contributed by atoms with Crippen LogP contribution in [0, 0.1) is 20.8 Å². The first-order chi connectivity index (χ1) is 13.5. The second-order valence-corrected chi connectivity index (χ2v) is 7.72. The molecule has 0 spiro atoms. The third-order valence-corrected chi connectivity index (χ3v) is 5.49. The van der Waals surface area contributed by atoms with Gasteiger partial charge in [-0.05, 0) is 74.5 Å². The van der Waals surface area contributed by atoms with Gasteiger partial charge in [-0.3, -0.25) is 9.78 Å². The van der Waals surface area contributed by atoms with Gasteiger partial charge in [0.05, 0.1) is 22.5 Å². The Bertz CT molecular complexity index is 1100. The van der Waals surface area contributed by atoms with Gasteiger partial charge in [-0.15, -0.1) is 0 Å². The van der Waals surface area contributed by atoms with E-state index in [0.717, 1.165) is 28.3 Å². The monoisotopic (exact) mass is 388 g/mol. The average Bonchev–Trinajstić information content (AvgIpc) is 3.16. The van der Waals surface area contributed by atoms with Gasteiger partial charge in [-0.1, -0.05) is 17.7 Å². The summed E-state index contributed by atoms with van der Waals surface area (Å²) >= 11 is 1.36. The Labute approximate surface area is 168 Å². The van der Waals surface area contributed by atoms with Gasteiger partial charge in [0.1, 0.15) is 0 Å². The van der Waals surface area contributed by atoms with Gasteiger partial charge in [0.25, 0.3) is 5.91 Å². The third kappa shape index (κ3) is 3.64. The average molecular weight is 388 g/mol. The molecule has 0 atom stereocenters. The number of carbonyl (C=O) groups is 1. The van der Waals surface area contributed by atoms with E-state index in [1.54, 1.807) is 6.20 Å². The van der Waals surface area contributed by atoms with Crippen molar-refractivity contribution in [2.24, 2.45) is 4.99 Å². The number of hydrogen-bond acceptors (Lipinski definition) is 4. The van der Waals surface area contributed by atoms with E-state index in [4.69, 9.17) is 0 Å². The van der Waals surface area contributed by atoms with Crippen LogP contribution in [0.1, 0.15) is 22.5 Å². The number of amidine groups is 1. The number of nitrogens with one attached hydrogen (secondary N) is 1. The zero-order valence-electron chi connectivity index (χ0n) is 15.9. The van der Waals surface area contributed by atoms with Crippen LogP contribution in [-0.4, -0.2) is 20.6 Å². The summed E-state index contributed by atoms with van der Waals surface area (Å²) in [7, 11) is 0. The predicted molar refractivity (Wildman–Crippen MR) is 115 cm³/mol. The molecule has 1 aliphatic rings. The number of hydrogen-bond donors (Lipinski definition) is 1. The number of nitrogens with zero attached hydrogens (tertiary/aromatic N) is 3. The summed E-state index contributed by atoms with van der Waals surface area (Å²) in [6, 6.07) is 13.9. The number of thioether (sulfide) groups is 1. The molecule has 3 heterocycles. The van der Waals surface area contributed by atoms with Gasteiger partial charge in [-0.25, -0.2) is 4.99 Å². The van der Waals surface area contributed by atoms with Crippen LogP contribution in [0.5, 0.6) is 0 Å². The molecule has 3 aromatic rings. The minimum absolute atomic E-state index is 0.123. The summed E-state index contributed by atoms with van der Waals surface area (Å²) in [5.74, 6) is -0.123. The molecule has 28 heavy (non-hydrogen) atoms. The number of benzene rings is 1. The Morgan fingerprint density at radius 1 is 1.14 bits per heavy atom. The molecule has 0 unspecified atom stereocenters. The molecule has 1 fully saturated rings. The highest BCUT2D eigenvalue weighted by Crippen LogP contribution is 2.30. The maximum Gasteiger partial charge on any atom is 0.264 e. The number of amides is 1. The van der Waals surface area contributed by atoms with E-state index in [9.17, 15) is 4.79 Å². The molecular formula is C22H20N4OS. The fourth-order valence-electron chi connectivity index (χ4n) is 3.18. The third-order valence-electron chi connectivity index (χ3n) is 4.58. The highest BCUT2D eigenvalue weighted by molar-refractivity contribution is 8.18. The van der Waals surface area contributed by atoms with Crippen molar-refractivity contribution >= 4 is 34.6 Å². The molecule has 1 saturated heterocycles. The topological polar surface area (TPSA) is 59.3 Å². The summed E-state index contributed by atoms with van der Waals surface area (Å²) in [6.45, 7) is 6.13. The van der Waals surface area contributed by atoms with Crippen molar-refractivity contribution in [1.82, 2.24) is 14.9 Å². The Morgan fingerprint density at radius 2 is 1.93 bits per heavy atom. The van der Waals surface area contributed by atoms with Crippen LogP contribution >= 0.6 is 11.8 Å². The first-order valence-electron chi connectivity index (χ1n) is 8.97. The standard InChI is InChI=1S/C22H20N4OS/c1-14-6-8-18(9-7-14)24-22-25-21(27)20(28-22)12-17-11-15(2)26(16(17)3)19-5-4-10-23-13-19/h4-13H,1-3H3,(H,24,25,27)/b20-12-. The highest BCUT2D eigenvalue weighted by atomic mass is 32.2. The maximum atomic E-state index is 12.4. The molecule has 1 aromatic carbocycles. The van der Waals surface area contributed by atoms with E-state index in [2.05, 4.69) is 25.9 Å². The Balaban J connectivity index is 1.63. The number of rotatable bonds is 3. The molecule has 140 valence electrons. The lowest BCUT2D eigenvalue weighted by molar-refractivity contribution is -0.115. The lowest BCUT2D eigenvalue weighted by Gasteiger charge is -2.08. The first kappa shape index (κ1) is 18.3. The van der Waals surface area contributed by atoms with Crippen LogP contribution in [0.4, 0.5) is 5.69 Å². The summed E-state index contributed by atoms with van der Waals surface area (Å²) in [5.41, 5.74) is 6.17. The molecule has 2 aromatic heterocycles. The Kier molecular flexibility index (Phi) is 4.88. The fourth-order valence-corrected chi connectivity index (χ4v) is 4.01. The van der Waals surface area contributed by atoms with E-state index in [1.165, 1.54) is 17.3 Å². The molecule has 1 N–H and O–H groups in total. The molecule has 1 aliphatic heterocycles. The van der Waals surface area contributed by atoms with Gasteiger partial charge in [0.15, 0.2) is 5.17 Å². The van der Waals surface area contributed by atoms with Crippen LogP contribution < -0.4 is 5.32 Å². The van der Waals surface area contributed by atoms with Crippen LogP contribution in [0.25, 0.3) is 11.8 Å². The number of pyridine rings is 1. The zero-order valence-corrected chi connectivity index (χ0v) is 16.7. The van der Waals surface area contributed by atoms with Crippen molar-refractivity contribution in [1.29, 1.82) is 0 Å². The van der Waals surface area contributed by atoms with E-state index in [-0.39, 0.29) is 5.91 Å². The quantitative estimate of drug-likeness (QED) is 0.662. The lowest BCUT2D eigenvalue weighted by atomic mass is 10.2. The second kappa shape index (κ2) is 7.48. The number of carbonyl (C=O) groups excluding carboxylic acids is 1. The second-order valence-electron chi connectivity index (χ2n) is 6.69. The number of aryl methyl sites for hydroxylation is 2. The summed E-state index contributed by atoms with van der Waals surface area (Å²) in [6.07, 6.45) is 5.52. The normalized spacial score (nSPS) is 16.8. The first-order valence-corrected chi connectivity index (χ1v) is 9.78. The van der Waals surface area contributed by atoms with Crippen molar-refractivity contribution in [3.8, 4) is 5.69 Å². The molecule has 4 rings (SSSR count). The number of aliphatic imine (C=N–C) groups is 1. The predicted octanol–water partition coefficient (Wildman–Crippen LogP) is 4.69. The molecular weight excluding hydrogens is 368 g/mol. The van der Waals surface area contributed by atoms with E-state index in [1.807, 2.05) is 69.4 Å². The van der Waals surface area contributed by atoms with E-state index >= 15 is 0 Å². The summed E-state index contributed by atoms with van der Waals surface area (Å²) < 4.78 is 2.14. The maximum absolute atomic E-state index is 12.4. The van der Waals surface area contributed by atoms with Crippen molar-refractivity contribution in [2.45, 2.75) is 20.8 Å². The zero-order chi connectivity index (χ0) is 19.7. The summed E-state index contributed by atoms with van der Waals surface area (Å²) in [4.78, 5) is 21.8.